The molecular weight excluding hydrogens is 694 g/mol. The number of unbranched alkanes of at least 4 members (excludes halogenated alkanes) is 2. The van der Waals surface area contributed by atoms with Gasteiger partial charge in [0.25, 0.3) is 0 Å². The van der Waals surface area contributed by atoms with Gasteiger partial charge in [-0.15, -0.1) is 4.31 Å². The molecule has 0 aliphatic heterocycles. The Hall–Kier alpha value is -2.02. The van der Waals surface area contributed by atoms with Crippen molar-refractivity contribution in [1.29, 1.82) is 0 Å². The molecule has 1 atom stereocenters. The second-order valence-electron chi connectivity index (χ2n) is 8.46. The number of nitrogens with zero attached hydrogens (tertiary/aromatic N) is 1. The fraction of sp³-hybridized carbons (Fsp3) is 0.941. The van der Waals surface area contributed by atoms with Crippen molar-refractivity contribution in [2.24, 2.45) is 0 Å². The minimum atomic E-state index is -9.16. The normalized spacial score (nSPS) is 16.5. The summed E-state index contributed by atoms with van der Waals surface area (Å²) >= 11 is 0. The predicted octanol–water partition coefficient (Wildman–Crippen LogP) is 7.18. The zero-order valence-electron chi connectivity index (χ0n) is 20.2. The summed E-state index contributed by atoms with van der Waals surface area (Å²) in [6, 6.07) is -8.07. The molecule has 26 heteroatoms. The Morgan fingerprint density at radius 3 is 1.28 bits per heavy atom. The summed E-state index contributed by atoms with van der Waals surface area (Å²) in [4.78, 5) is 10.8. The van der Waals surface area contributed by atoms with E-state index < -0.39 is 105 Å². The second kappa shape index (κ2) is 11.7. The predicted molar refractivity (Wildman–Crippen MR) is 97.9 cm³/mol. The van der Waals surface area contributed by atoms with E-state index in [0.717, 1.165) is 0 Å². The summed E-state index contributed by atoms with van der Waals surface area (Å²) in [5.74, 6) is -56.7. The summed E-state index contributed by atoms with van der Waals surface area (Å²) in [6.45, 7) is -2.24. The number of halogens is 20. The Balaban J connectivity index is 7.44. The van der Waals surface area contributed by atoms with Crippen LogP contribution in [-0.2, 0) is 14.8 Å². The molecule has 0 spiro atoms. The second-order valence-corrected chi connectivity index (χ2v) is 10.5. The fourth-order valence-electron chi connectivity index (χ4n) is 3.00. The van der Waals surface area contributed by atoms with E-state index in [4.69, 9.17) is 5.11 Å². The lowest BCUT2D eigenvalue weighted by Gasteiger charge is -2.44. The summed E-state index contributed by atoms with van der Waals surface area (Å²) in [7, 11) is -7.53. The Labute approximate surface area is 225 Å². The van der Waals surface area contributed by atoms with Gasteiger partial charge in [-0.1, -0.05) is 26.2 Å². The van der Waals surface area contributed by atoms with E-state index in [1.54, 1.807) is 0 Å². The Morgan fingerprint density at radius 2 is 0.977 bits per heavy atom. The number of hydrogen-bond donors (Lipinski definition) is 1. The van der Waals surface area contributed by atoms with E-state index >= 15 is 0 Å². The van der Waals surface area contributed by atoms with Crippen LogP contribution in [0.4, 0.5) is 87.8 Å². The molecule has 1 unspecified atom stereocenters. The molecule has 0 aliphatic carbocycles. The molecule has 0 bridgehead atoms. The highest BCUT2D eigenvalue weighted by molar-refractivity contribution is 7.89. The van der Waals surface area contributed by atoms with Crippen LogP contribution in [0, 0.1) is 0 Å². The zero-order chi connectivity index (χ0) is 35.3. The van der Waals surface area contributed by atoms with Crippen molar-refractivity contribution in [2.45, 2.75) is 91.8 Å². The number of hydrogen-bond acceptors (Lipinski definition) is 3. The highest BCUT2D eigenvalue weighted by Crippen LogP contribution is 2.64. The van der Waals surface area contributed by atoms with Gasteiger partial charge in [-0.25, -0.2) is 8.42 Å². The lowest BCUT2D eigenvalue weighted by molar-refractivity contribution is -0.465. The first-order chi connectivity index (χ1) is 18.5. The third-order valence-corrected chi connectivity index (χ3v) is 7.59. The van der Waals surface area contributed by atoms with E-state index in [1.165, 1.54) is 6.92 Å². The van der Waals surface area contributed by atoms with Gasteiger partial charge in [0.05, 0.1) is 0 Å². The Kier molecular flexibility index (Phi) is 11.2. The lowest BCUT2D eigenvalue weighted by atomic mass is 9.90. The van der Waals surface area contributed by atoms with Gasteiger partial charge in [-0.2, -0.15) is 87.8 Å². The molecule has 0 rings (SSSR count). The molecule has 0 heterocycles. The average molecular weight is 709 g/mol. The van der Waals surface area contributed by atoms with Crippen molar-refractivity contribution < 1.29 is 106 Å². The number of rotatable bonds is 15. The quantitative estimate of drug-likeness (QED) is 0.111. The number of carboxylic acids is 1. The van der Waals surface area contributed by atoms with Crippen molar-refractivity contribution >= 4 is 16.0 Å². The van der Waals surface area contributed by atoms with E-state index in [2.05, 4.69) is 0 Å². The van der Waals surface area contributed by atoms with Crippen LogP contribution in [0.2, 0.25) is 0 Å². The van der Waals surface area contributed by atoms with Crippen LogP contribution in [0.1, 0.15) is 32.6 Å². The van der Waals surface area contributed by atoms with Gasteiger partial charge in [-0.05, 0) is 6.42 Å². The van der Waals surface area contributed by atoms with Gasteiger partial charge in [0.1, 0.15) is 6.54 Å². The number of alkyl halides is 20. The lowest BCUT2D eigenvalue weighted by Crippen LogP contribution is -2.76. The summed E-state index contributed by atoms with van der Waals surface area (Å²) < 4.78 is 291. The maximum absolute atomic E-state index is 14.6. The molecule has 1 N–H and O–H groups in total. The van der Waals surface area contributed by atoms with E-state index in [0.29, 0.717) is 0 Å². The van der Waals surface area contributed by atoms with Crippen LogP contribution >= 0.6 is 0 Å². The Morgan fingerprint density at radius 1 is 0.628 bits per heavy atom. The molecule has 0 amide bonds. The molecule has 0 radical (unpaired) electrons. The molecular formula is C17H15F20NO4S. The number of aliphatic carboxylic acids is 1. The van der Waals surface area contributed by atoms with Gasteiger partial charge in [0.2, 0.25) is 10.0 Å². The molecule has 0 aromatic carbocycles. The van der Waals surface area contributed by atoms with E-state index in [9.17, 15) is 101 Å². The van der Waals surface area contributed by atoms with Gasteiger partial charge in [-0.3, -0.25) is 4.79 Å². The molecule has 0 aromatic rings. The standard InChI is InChI=1S/C17H15F20NO4S/c1-2-3-4-5-7(9(18,19)20)43(41,42)38(6-8(39)40)17(36,37)15(31,32)13(27,28)11(23,24)10(21,22)12(25,26)14(29,30)16(33,34)35/h7H,2-6H2,1H3,(H,39,40). The van der Waals surface area contributed by atoms with Gasteiger partial charge >= 0.3 is 59.9 Å². The van der Waals surface area contributed by atoms with Crippen LogP contribution in [0.5, 0.6) is 0 Å². The molecule has 258 valence electrons. The van der Waals surface area contributed by atoms with Gasteiger partial charge in [0, 0.05) is 0 Å². The van der Waals surface area contributed by atoms with Crippen molar-refractivity contribution in [1.82, 2.24) is 4.31 Å². The van der Waals surface area contributed by atoms with Crippen molar-refractivity contribution in [3.05, 3.63) is 0 Å². The Bertz CT molecular complexity index is 1100. The third kappa shape index (κ3) is 6.53. The molecule has 0 fully saturated rings. The highest BCUT2D eigenvalue weighted by atomic mass is 32.2. The molecule has 43 heavy (non-hydrogen) atoms. The van der Waals surface area contributed by atoms with Crippen LogP contribution in [0.15, 0.2) is 0 Å². The largest absolute Gasteiger partial charge is 0.480 e. The maximum atomic E-state index is 14.6. The SMILES string of the molecule is CCCCCC(C(F)(F)F)S(=O)(=O)N(CC(=O)O)C(F)(F)C(F)(F)C(F)(F)C(F)(F)C(F)(F)C(F)(F)C(F)(F)C(F)(F)F. The summed E-state index contributed by atoms with van der Waals surface area (Å²) in [5, 5.41) is 4.11. The smallest absolute Gasteiger partial charge is 0.460 e. The highest BCUT2D eigenvalue weighted by Gasteiger charge is 2.96. The van der Waals surface area contributed by atoms with Crippen molar-refractivity contribution in [2.75, 3.05) is 6.54 Å². The molecule has 0 aliphatic rings. The summed E-state index contributed by atoms with van der Waals surface area (Å²) in [5.41, 5.74) is 0. The topological polar surface area (TPSA) is 74.7 Å². The van der Waals surface area contributed by atoms with E-state index in [-0.39, 0.29) is 6.42 Å². The maximum Gasteiger partial charge on any atom is 0.460 e. The first-order valence-electron chi connectivity index (χ1n) is 10.5. The average Bonchev–Trinajstić information content (AvgIpc) is 2.77. The minimum absolute atomic E-state index is 0.0781. The third-order valence-electron chi connectivity index (χ3n) is 5.40. The van der Waals surface area contributed by atoms with Crippen LogP contribution in [0.3, 0.4) is 0 Å². The van der Waals surface area contributed by atoms with Crippen LogP contribution in [-0.4, -0.2) is 89.5 Å². The molecule has 0 saturated carbocycles. The van der Waals surface area contributed by atoms with Crippen LogP contribution in [0.25, 0.3) is 0 Å². The molecule has 5 nitrogen and oxygen atoms in total. The summed E-state index contributed by atoms with van der Waals surface area (Å²) in [6.07, 6.45) is -17.8. The van der Waals surface area contributed by atoms with E-state index in [1.807, 2.05) is 0 Å². The monoisotopic (exact) mass is 709 g/mol. The molecule has 0 saturated heterocycles. The van der Waals surface area contributed by atoms with Crippen molar-refractivity contribution in [3.8, 4) is 0 Å². The minimum Gasteiger partial charge on any atom is -0.480 e. The molecule has 0 aromatic heterocycles. The van der Waals surface area contributed by atoms with Crippen LogP contribution < -0.4 is 0 Å². The van der Waals surface area contributed by atoms with Gasteiger partial charge in [0.15, 0.2) is 5.25 Å². The first kappa shape index (κ1) is 41.0. The number of carbonyl (C=O) groups is 1. The number of sulfonamides is 1. The van der Waals surface area contributed by atoms with Gasteiger partial charge < -0.3 is 5.11 Å². The van der Waals surface area contributed by atoms with Crippen molar-refractivity contribution in [3.63, 3.8) is 0 Å². The fourth-order valence-corrected chi connectivity index (χ4v) is 4.83. The number of carboxylic acid groups (broad SMARTS) is 1. The zero-order valence-corrected chi connectivity index (χ0v) is 21.0. The first-order valence-corrected chi connectivity index (χ1v) is 12.0.